The van der Waals surface area contributed by atoms with Crippen molar-refractivity contribution in [2.24, 2.45) is 0 Å². The molecule has 0 aromatic heterocycles. The van der Waals surface area contributed by atoms with Gasteiger partial charge in [0, 0.05) is 42.8 Å². The second-order valence-corrected chi connectivity index (χ2v) is 6.68. The SMILES string of the molecule is COc1ccc([C@@H](CNCc2c(F)cccc2Cl)N2CCOCC2)cc1. The van der Waals surface area contributed by atoms with Crippen molar-refractivity contribution in [2.75, 3.05) is 40.0 Å². The minimum absolute atomic E-state index is 0.176. The highest BCUT2D eigenvalue weighted by Gasteiger charge is 2.22. The Hall–Kier alpha value is -1.66. The molecule has 4 nitrogen and oxygen atoms in total. The van der Waals surface area contributed by atoms with E-state index in [4.69, 9.17) is 21.1 Å². The maximum absolute atomic E-state index is 14.0. The van der Waals surface area contributed by atoms with Crippen LogP contribution in [0.15, 0.2) is 42.5 Å². The molecule has 3 rings (SSSR count). The zero-order valence-electron chi connectivity index (χ0n) is 14.9. The van der Waals surface area contributed by atoms with E-state index in [2.05, 4.69) is 22.3 Å². The Balaban J connectivity index is 1.70. The van der Waals surface area contributed by atoms with Gasteiger partial charge >= 0.3 is 0 Å². The summed E-state index contributed by atoms with van der Waals surface area (Å²) < 4.78 is 24.7. The molecular weight excluding hydrogens is 355 g/mol. The molecule has 2 aromatic rings. The van der Waals surface area contributed by atoms with Crippen molar-refractivity contribution in [1.82, 2.24) is 10.2 Å². The first-order valence-corrected chi connectivity index (χ1v) is 9.16. The summed E-state index contributed by atoms with van der Waals surface area (Å²) in [5, 5.41) is 3.82. The molecule has 0 aliphatic carbocycles. The van der Waals surface area contributed by atoms with Gasteiger partial charge in [0.2, 0.25) is 0 Å². The van der Waals surface area contributed by atoms with Crippen LogP contribution in [0.3, 0.4) is 0 Å². The van der Waals surface area contributed by atoms with Crippen LogP contribution in [0.1, 0.15) is 17.2 Å². The van der Waals surface area contributed by atoms with Crippen LogP contribution in [0, 0.1) is 5.82 Å². The van der Waals surface area contributed by atoms with Crippen LogP contribution in [-0.4, -0.2) is 44.9 Å². The lowest BCUT2D eigenvalue weighted by atomic mass is 10.0. The van der Waals surface area contributed by atoms with E-state index >= 15 is 0 Å². The quantitative estimate of drug-likeness (QED) is 0.797. The van der Waals surface area contributed by atoms with Gasteiger partial charge in [-0.25, -0.2) is 4.39 Å². The summed E-state index contributed by atoms with van der Waals surface area (Å²) in [6.45, 7) is 4.29. The molecule has 0 saturated carbocycles. The average molecular weight is 379 g/mol. The predicted molar refractivity (Wildman–Crippen MR) is 101 cm³/mol. The van der Waals surface area contributed by atoms with Crippen molar-refractivity contribution in [3.63, 3.8) is 0 Å². The van der Waals surface area contributed by atoms with Gasteiger partial charge in [-0.05, 0) is 29.8 Å². The van der Waals surface area contributed by atoms with Gasteiger partial charge in [-0.1, -0.05) is 29.8 Å². The van der Waals surface area contributed by atoms with Crippen LogP contribution >= 0.6 is 11.6 Å². The number of benzene rings is 2. The van der Waals surface area contributed by atoms with Crippen LogP contribution in [-0.2, 0) is 11.3 Å². The van der Waals surface area contributed by atoms with E-state index in [1.54, 1.807) is 19.2 Å². The van der Waals surface area contributed by atoms with Gasteiger partial charge in [0.15, 0.2) is 0 Å². The van der Waals surface area contributed by atoms with E-state index in [1.807, 2.05) is 12.1 Å². The number of halogens is 2. The van der Waals surface area contributed by atoms with E-state index in [9.17, 15) is 4.39 Å². The lowest BCUT2D eigenvalue weighted by Gasteiger charge is -2.35. The normalized spacial score (nSPS) is 16.4. The van der Waals surface area contributed by atoms with Gasteiger partial charge in [0.05, 0.1) is 20.3 Å². The minimum atomic E-state index is -0.280. The van der Waals surface area contributed by atoms with Crippen LogP contribution in [0.2, 0.25) is 5.02 Å². The van der Waals surface area contributed by atoms with Crippen molar-refractivity contribution < 1.29 is 13.9 Å². The standard InChI is InChI=1S/C20H24ClFN2O2/c1-25-16-7-5-15(6-8-16)20(24-9-11-26-12-10-24)14-23-13-17-18(21)3-2-4-19(17)22/h2-8,20,23H,9-14H2,1H3/t20-/m1/s1. The van der Waals surface area contributed by atoms with E-state index in [1.165, 1.54) is 11.6 Å². The van der Waals surface area contributed by atoms with Crippen molar-refractivity contribution in [2.45, 2.75) is 12.6 Å². The lowest BCUT2D eigenvalue weighted by molar-refractivity contribution is 0.0161. The Bertz CT molecular complexity index is 685. The molecule has 2 aromatic carbocycles. The molecule has 0 unspecified atom stereocenters. The summed E-state index contributed by atoms with van der Waals surface area (Å²) in [6.07, 6.45) is 0. The molecule has 140 valence electrons. The number of hydrogen-bond acceptors (Lipinski definition) is 4. The van der Waals surface area contributed by atoms with Crippen LogP contribution in [0.5, 0.6) is 5.75 Å². The molecular formula is C20H24ClFN2O2. The van der Waals surface area contributed by atoms with Crippen molar-refractivity contribution in [1.29, 1.82) is 0 Å². The molecule has 0 amide bonds. The van der Waals surface area contributed by atoms with Gasteiger partial charge in [-0.15, -0.1) is 0 Å². The number of methoxy groups -OCH3 is 1. The third kappa shape index (κ3) is 4.74. The highest BCUT2D eigenvalue weighted by Crippen LogP contribution is 2.24. The number of morpholine rings is 1. The smallest absolute Gasteiger partial charge is 0.129 e. The fourth-order valence-corrected chi connectivity index (χ4v) is 3.44. The summed E-state index contributed by atoms with van der Waals surface area (Å²) in [5.41, 5.74) is 1.70. The Morgan fingerprint density at radius 2 is 1.92 bits per heavy atom. The number of nitrogens with one attached hydrogen (secondary N) is 1. The van der Waals surface area contributed by atoms with Crippen LogP contribution in [0.4, 0.5) is 4.39 Å². The topological polar surface area (TPSA) is 33.7 Å². The van der Waals surface area contributed by atoms with Gasteiger partial charge in [0.1, 0.15) is 11.6 Å². The van der Waals surface area contributed by atoms with E-state index in [0.717, 1.165) is 32.1 Å². The van der Waals surface area contributed by atoms with Crippen molar-refractivity contribution >= 4 is 11.6 Å². The van der Waals surface area contributed by atoms with Crippen molar-refractivity contribution in [3.05, 3.63) is 64.4 Å². The highest BCUT2D eigenvalue weighted by atomic mass is 35.5. The summed E-state index contributed by atoms with van der Waals surface area (Å²) in [6, 6.07) is 13.0. The zero-order valence-corrected chi connectivity index (χ0v) is 15.6. The first-order chi connectivity index (χ1) is 12.7. The highest BCUT2D eigenvalue weighted by molar-refractivity contribution is 6.31. The maximum Gasteiger partial charge on any atom is 0.129 e. The molecule has 26 heavy (non-hydrogen) atoms. The number of hydrogen-bond donors (Lipinski definition) is 1. The van der Waals surface area contributed by atoms with Gasteiger partial charge in [-0.2, -0.15) is 0 Å². The first-order valence-electron chi connectivity index (χ1n) is 8.78. The zero-order chi connectivity index (χ0) is 18.4. The number of rotatable bonds is 7. The summed E-state index contributed by atoms with van der Waals surface area (Å²) in [7, 11) is 1.66. The van der Waals surface area contributed by atoms with E-state index in [-0.39, 0.29) is 11.9 Å². The molecule has 0 radical (unpaired) electrons. The van der Waals surface area contributed by atoms with E-state index < -0.39 is 0 Å². The minimum Gasteiger partial charge on any atom is -0.497 e. The van der Waals surface area contributed by atoms with Crippen LogP contribution in [0.25, 0.3) is 0 Å². The third-order valence-corrected chi connectivity index (χ3v) is 5.04. The number of nitrogens with zero attached hydrogens (tertiary/aromatic N) is 1. The lowest BCUT2D eigenvalue weighted by Crippen LogP contribution is -2.42. The molecule has 0 spiro atoms. The Labute approximate surface area is 158 Å². The Morgan fingerprint density at radius 3 is 2.58 bits per heavy atom. The Morgan fingerprint density at radius 1 is 1.19 bits per heavy atom. The van der Waals surface area contributed by atoms with Gasteiger partial charge in [0.25, 0.3) is 0 Å². The monoisotopic (exact) mass is 378 g/mol. The summed E-state index contributed by atoms with van der Waals surface area (Å²) >= 11 is 6.12. The molecule has 1 fully saturated rings. The molecule has 1 N–H and O–H groups in total. The fourth-order valence-electron chi connectivity index (χ4n) is 3.21. The fraction of sp³-hybridized carbons (Fsp3) is 0.400. The molecule has 6 heteroatoms. The largest absolute Gasteiger partial charge is 0.497 e. The molecule has 1 aliphatic heterocycles. The molecule has 1 atom stereocenters. The molecule has 1 heterocycles. The molecule has 1 saturated heterocycles. The third-order valence-electron chi connectivity index (χ3n) is 4.69. The Kier molecular flexibility index (Phi) is 6.86. The second-order valence-electron chi connectivity index (χ2n) is 6.27. The molecule has 0 bridgehead atoms. The maximum atomic E-state index is 14.0. The summed E-state index contributed by atoms with van der Waals surface area (Å²) in [5.74, 6) is 0.554. The van der Waals surface area contributed by atoms with E-state index in [0.29, 0.717) is 23.7 Å². The second kappa shape index (κ2) is 9.33. The average Bonchev–Trinajstić information content (AvgIpc) is 2.68. The summed E-state index contributed by atoms with van der Waals surface area (Å²) in [4.78, 5) is 2.39. The molecule has 1 aliphatic rings. The van der Waals surface area contributed by atoms with Crippen molar-refractivity contribution in [3.8, 4) is 5.75 Å². The van der Waals surface area contributed by atoms with Gasteiger partial charge in [-0.3, -0.25) is 4.90 Å². The predicted octanol–water partition coefficient (Wildman–Crippen LogP) is 3.65. The van der Waals surface area contributed by atoms with Gasteiger partial charge < -0.3 is 14.8 Å². The number of ether oxygens (including phenoxy) is 2. The van der Waals surface area contributed by atoms with Crippen LogP contribution < -0.4 is 10.1 Å². The first kappa shape index (κ1) is 19.1.